The van der Waals surface area contributed by atoms with Gasteiger partial charge in [-0.05, 0) is 31.8 Å². The third-order valence-electron chi connectivity index (χ3n) is 3.17. The fraction of sp³-hybridized carbons (Fsp3) is 0.571. The van der Waals surface area contributed by atoms with Gasteiger partial charge < -0.3 is 10.1 Å². The molecule has 2 rings (SSSR count). The lowest BCUT2D eigenvalue weighted by Crippen LogP contribution is -2.24. The number of nitrogens with one attached hydrogen (secondary N) is 1. The van der Waals surface area contributed by atoms with Crippen LogP contribution in [0.1, 0.15) is 43.6 Å². The average molecular weight is 294 g/mol. The summed E-state index contributed by atoms with van der Waals surface area (Å²) in [5.74, 6) is 1.94. The van der Waals surface area contributed by atoms with E-state index in [-0.39, 0.29) is 6.04 Å². The minimum absolute atomic E-state index is 0.205. The number of nitrogens with zero attached hydrogens (tertiary/aromatic N) is 3. The molecule has 1 unspecified atom stereocenters. The molecule has 0 saturated heterocycles. The quantitative estimate of drug-likeness (QED) is 0.853. The van der Waals surface area contributed by atoms with Crippen LogP contribution < -0.4 is 10.1 Å². The van der Waals surface area contributed by atoms with Crippen molar-refractivity contribution in [3.63, 3.8) is 0 Å². The molecule has 20 heavy (non-hydrogen) atoms. The molecule has 2 heterocycles. The van der Waals surface area contributed by atoms with E-state index < -0.39 is 0 Å². The molecule has 0 bridgehead atoms. The van der Waals surface area contributed by atoms with Gasteiger partial charge in [0, 0.05) is 12.5 Å². The van der Waals surface area contributed by atoms with Crippen LogP contribution >= 0.6 is 11.3 Å². The maximum absolute atomic E-state index is 5.44. The lowest BCUT2D eigenvalue weighted by atomic mass is 10.1. The third kappa shape index (κ3) is 3.19. The number of hydrogen-bond acceptors (Lipinski definition) is 5. The van der Waals surface area contributed by atoms with Crippen molar-refractivity contribution >= 4 is 11.3 Å². The topological polar surface area (TPSA) is 52.0 Å². The SMILES string of the molecule is CCNC(Cc1ncnn1C(C)C)c1sccc1OC. The fourth-order valence-electron chi connectivity index (χ4n) is 2.27. The van der Waals surface area contributed by atoms with Gasteiger partial charge in [0.2, 0.25) is 0 Å². The molecule has 2 aromatic rings. The molecule has 6 heteroatoms. The summed E-state index contributed by atoms with van der Waals surface area (Å²) < 4.78 is 7.41. The van der Waals surface area contributed by atoms with Gasteiger partial charge in [-0.15, -0.1) is 11.3 Å². The van der Waals surface area contributed by atoms with Gasteiger partial charge in [0.1, 0.15) is 17.9 Å². The number of ether oxygens (including phenoxy) is 1. The van der Waals surface area contributed by atoms with Crippen LogP contribution in [0, 0.1) is 0 Å². The van der Waals surface area contributed by atoms with Crippen molar-refractivity contribution in [3.05, 3.63) is 28.5 Å². The van der Waals surface area contributed by atoms with Gasteiger partial charge in [0.25, 0.3) is 0 Å². The molecule has 0 spiro atoms. The number of methoxy groups -OCH3 is 1. The van der Waals surface area contributed by atoms with E-state index in [0.29, 0.717) is 6.04 Å². The van der Waals surface area contributed by atoms with Gasteiger partial charge in [0.05, 0.1) is 18.0 Å². The van der Waals surface area contributed by atoms with Gasteiger partial charge in [-0.1, -0.05) is 6.92 Å². The monoisotopic (exact) mass is 294 g/mol. The number of thiophene rings is 1. The molecule has 0 saturated carbocycles. The highest BCUT2D eigenvalue weighted by molar-refractivity contribution is 7.10. The molecule has 1 N–H and O–H groups in total. The summed E-state index contributed by atoms with van der Waals surface area (Å²) >= 11 is 1.71. The predicted octanol–water partition coefficient (Wildman–Crippen LogP) is 2.82. The Labute approximate surface area is 124 Å². The van der Waals surface area contributed by atoms with Crippen molar-refractivity contribution < 1.29 is 4.74 Å². The zero-order valence-corrected chi connectivity index (χ0v) is 13.3. The molecular weight excluding hydrogens is 272 g/mol. The summed E-state index contributed by atoms with van der Waals surface area (Å²) in [5.41, 5.74) is 0. The summed E-state index contributed by atoms with van der Waals surface area (Å²) in [6.45, 7) is 7.25. The summed E-state index contributed by atoms with van der Waals surface area (Å²) in [6.07, 6.45) is 2.44. The van der Waals surface area contributed by atoms with Gasteiger partial charge in [-0.2, -0.15) is 5.10 Å². The van der Waals surface area contributed by atoms with Crippen LogP contribution in [0.3, 0.4) is 0 Å². The number of aromatic nitrogens is 3. The van der Waals surface area contributed by atoms with Gasteiger partial charge >= 0.3 is 0 Å². The Bertz CT molecular complexity index is 535. The van der Waals surface area contributed by atoms with E-state index >= 15 is 0 Å². The number of hydrogen-bond donors (Lipinski definition) is 1. The number of likely N-dealkylation sites (N-methyl/N-ethyl adjacent to an activating group) is 1. The Morgan fingerprint density at radius 3 is 2.90 bits per heavy atom. The molecule has 0 fully saturated rings. The second-order valence-corrected chi connectivity index (χ2v) is 5.83. The first kappa shape index (κ1) is 15.0. The second-order valence-electron chi connectivity index (χ2n) is 4.88. The fourth-order valence-corrected chi connectivity index (χ4v) is 3.21. The van der Waals surface area contributed by atoms with Crippen LogP contribution in [-0.2, 0) is 6.42 Å². The summed E-state index contributed by atoms with van der Waals surface area (Å²) in [5, 5.41) is 9.88. The largest absolute Gasteiger partial charge is 0.496 e. The standard InChI is InChI=1S/C14H22N4OS/c1-5-15-11(14-12(19-4)6-7-20-14)8-13-16-9-17-18(13)10(2)3/h6-7,9-11,15H,5,8H2,1-4H3. The van der Waals surface area contributed by atoms with E-state index in [9.17, 15) is 0 Å². The highest BCUT2D eigenvalue weighted by Gasteiger charge is 2.20. The van der Waals surface area contributed by atoms with E-state index in [0.717, 1.165) is 24.5 Å². The summed E-state index contributed by atoms with van der Waals surface area (Å²) in [4.78, 5) is 5.62. The average Bonchev–Trinajstić information content (AvgIpc) is 3.06. The lowest BCUT2D eigenvalue weighted by Gasteiger charge is -2.18. The van der Waals surface area contributed by atoms with E-state index in [2.05, 4.69) is 41.6 Å². The first-order valence-electron chi connectivity index (χ1n) is 6.90. The Morgan fingerprint density at radius 1 is 1.45 bits per heavy atom. The Balaban J connectivity index is 2.23. The molecule has 1 atom stereocenters. The molecular formula is C14H22N4OS. The van der Waals surface area contributed by atoms with Crippen molar-refractivity contribution in [2.45, 2.75) is 39.3 Å². The van der Waals surface area contributed by atoms with Gasteiger partial charge in [0.15, 0.2) is 0 Å². The zero-order chi connectivity index (χ0) is 14.5. The van der Waals surface area contributed by atoms with Crippen molar-refractivity contribution in [1.82, 2.24) is 20.1 Å². The van der Waals surface area contributed by atoms with Crippen molar-refractivity contribution in [2.75, 3.05) is 13.7 Å². The normalized spacial score (nSPS) is 12.8. The van der Waals surface area contributed by atoms with E-state index in [4.69, 9.17) is 4.74 Å². The van der Waals surface area contributed by atoms with Crippen LogP contribution in [0.25, 0.3) is 0 Å². The zero-order valence-electron chi connectivity index (χ0n) is 12.5. The van der Waals surface area contributed by atoms with Crippen molar-refractivity contribution in [1.29, 1.82) is 0 Å². The van der Waals surface area contributed by atoms with Gasteiger partial charge in [-0.25, -0.2) is 9.67 Å². The van der Waals surface area contributed by atoms with E-state index in [1.807, 2.05) is 10.7 Å². The predicted molar refractivity (Wildman–Crippen MR) is 81.4 cm³/mol. The maximum atomic E-state index is 5.44. The summed E-state index contributed by atoms with van der Waals surface area (Å²) in [7, 11) is 1.71. The van der Waals surface area contributed by atoms with Crippen molar-refractivity contribution in [3.8, 4) is 5.75 Å². The summed E-state index contributed by atoms with van der Waals surface area (Å²) in [6, 6.07) is 2.54. The second kappa shape index (κ2) is 6.85. The first-order chi connectivity index (χ1) is 9.67. The molecule has 0 aliphatic heterocycles. The molecule has 5 nitrogen and oxygen atoms in total. The van der Waals surface area contributed by atoms with E-state index in [1.54, 1.807) is 24.8 Å². The highest BCUT2D eigenvalue weighted by atomic mass is 32.1. The maximum Gasteiger partial charge on any atom is 0.138 e. The van der Waals surface area contributed by atoms with Crippen LogP contribution in [0.4, 0.5) is 0 Å². The number of rotatable bonds is 7. The molecule has 0 radical (unpaired) electrons. The van der Waals surface area contributed by atoms with Crippen molar-refractivity contribution in [2.24, 2.45) is 0 Å². The minimum Gasteiger partial charge on any atom is -0.496 e. The van der Waals surface area contributed by atoms with Gasteiger partial charge in [-0.3, -0.25) is 0 Å². The van der Waals surface area contributed by atoms with Crippen LogP contribution in [0.2, 0.25) is 0 Å². The lowest BCUT2D eigenvalue weighted by molar-refractivity contribution is 0.400. The molecule has 0 aliphatic carbocycles. The molecule has 2 aromatic heterocycles. The molecule has 0 amide bonds. The Kier molecular flexibility index (Phi) is 5.14. The third-order valence-corrected chi connectivity index (χ3v) is 4.18. The van der Waals surface area contributed by atoms with Crippen LogP contribution in [0.15, 0.2) is 17.8 Å². The molecule has 0 aromatic carbocycles. The minimum atomic E-state index is 0.205. The van der Waals surface area contributed by atoms with Crippen LogP contribution in [0.5, 0.6) is 5.75 Å². The van der Waals surface area contributed by atoms with E-state index in [1.165, 1.54) is 4.88 Å². The Hall–Kier alpha value is -1.40. The molecule has 110 valence electrons. The molecule has 0 aliphatic rings. The Morgan fingerprint density at radius 2 is 2.25 bits per heavy atom. The first-order valence-corrected chi connectivity index (χ1v) is 7.78. The smallest absolute Gasteiger partial charge is 0.138 e. The highest BCUT2D eigenvalue weighted by Crippen LogP contribution is 2.32. The van der Waals surface area contributed by atoms with Crippen LogP contribution in [-0.4, -0.2) is 28.4 Å².